The molecule has 1 aromatic carbocycles. The van der Waals surface area contributed by atoms with Crippen LogP contribution in [0.2, 0.25) is 0 Å². The van der Waals surface area contributed by atoms with Crippen LogP contribution >= 0.6 is 0 Å². The Morgan fingerprint density at radius 3 is 2.74 bits per heavy atom. The highest BCUT2D eigenvalue weighted by Crippen LogP contribution is 2.18. The second-order valence-corrected chi connectivity index (χ2v) is 4.14. The molecule has 6 nitrogen and oxygen atoms in total. The summed E-state index contributed by atoms with van der Waals surface area (Å²) in [6.45, 7) is 2.48. The zero-order chi connectivity index (χ0) is 13.7. The third-order valence-electron chi connectivity index (χ3n) is 2.89. The number of rotatable bonds is 5. The predicted molar refractivity (Wildman–Crippen MR) is 71.9 cm³/mol. The van der Waals surface area contributed by atoms with E-state index in [2.05, 4.69) is 15.1 Å². The number of methoxy groups -OCH3 is 1. The molecule has 1 heterocycles. The molecular formula is C13H15N5O. The van der Waals surface area contributed by atoms with Crippen molar-refractivity contribution in [1.82, 2.24) is 9.78 Å². The molecule has 0 spiro atoms. The minimum absolute atomic E-state index is 0.231. The molecule has 0 aliphatic heterocycles. The van der Waals surface area contributed by atoms with Gasteiger partial charge in [-0.1, -0.05) is 24.2 Å². The van der Waals surface area contributed by atoms with E-state index in [1.165, 1.54) is 0 Å². The van der Waals surface area contributed by atoms with Crippen molar-refractivity contribution < 1.29 is 4.74 Å². The number of azide groups is 1. The van der Waals surface area contributed by atoms with Crippen LogP contribution in [-0.2, 0) is 6.54 Å². The summed E-state index contributed by atoms with van der Waals surface area (Å²) in [6, 6.07) is 9.43. The van der Waals surface area contributed by atoms with Crippen LogP contribution in [0, 0.1) is 0 Å². The monoisotopic (exact) mass is 257 g/mol. The van der Waals surface area contributed by atoms with Crippen molar-refractivity contribution in [3.05, 3.63) is 58.2 Å². The van der Waals surface area contributed by atoms with Gasteiger partial charge in [-0.3, -0.25) is 4.68 Å². The van der Waals surface area contributed by atoms with Crippen molar-refractivity contribution in [1.29, 1.82) is 0 Å². The van der Waals surface area contributed by atoms with Crippen molar-refractivity contribution in [3.8, 4) is 5.75 Å². The lowest BCUT2D eigenvalue weighted by Crippen LogP contribution is -2.07. The van der Waals surface area contributed by atoms with E-state index in [0.717, 1.165) is 17.0 Å². The lowest BCUT2D eigenvalue weighted by molar-refractivity contribution is 0.414. The van der Waals surface area contributed by atoms with Gasteiger partial charge in [0, 0.05) is 16.8 Å². The Kier molecular flexibility index (Phi) is 4.05. The second kappa shape index (κ2) is 5.93. The first-order valence-electron chi connectivity index (χ1n) is 5.93. The number of nitrogens with zero attached hydrogens (tertiary/aromatic N) is 5. The zero-order valence-electron chi connectivity index (χ0n) is 10.9. The fourth-order valence-corrected chi connectivity index (χ4v) is 1.87. The van der Waals surface area contributed by atoms with Gasteiger partial charge in [0.05, 0.1) is 19.7 Å². The SMILES string of the molecule is COc1ccc(Cn2nccc2C(C)N=[N+]=[N-])cc1. The Balaban J connectivity index is 2.18. The Hall–Kier alpha value is -2.46. The summed E-state index contributed by atoms with van der Waals surface area (Å²) in [6.07, 6.45) is 1.71. The molecule has 0 fully saturated rings. The van der Waals surface area contributed by atoms with E-state index < -0.39 is 0 Å². The van der Waals surface area contributed by atoms with Crippen molar-refractivity contribution in [2.45, 2.75) is 19.5 Å². The molecule has 98 valence electrons. The maximum absolute atomic E-state index is 8.49. The molecule has 1 unspecified atom stereocenters. The summed E-state index contributed by atoms with van der Waals surface area (Å²) < 4.78 is 6.96. The standard InChI is InChI=1S/C13H15N5O/c1-10(16-17-14)13-7-8-15-18(13)9-11-3-5-12(19-2)6-4-11/h3-8,10H,9H2,1-2H3. The van der Waals surface area contributed by atoms with Crippen LogP contribution < -0.4 is 4.74 Å². The van der Waals surface area contributed by atoms with Gasteiger partial charge in [-0.15, -0.1) is 0 Å². The summed E-state index contributed by atoms with van der Waals surface area (Å²) >= 11 is 0. The molecule has 0 aliphatic carbocycles. The largest absolute Gasteiger partial charge is 0.497 e. The Morgan fingerprint density at radius 1 is 1.37 bits per heavy atom. The molecule has 6 heteroatoms. The molecule has 0 N–H and O–H groups in total. The second-order valence-electron chi connectivity index (χ2n) is 4.14. The lowest BCUT2D eigenvalue weighted by Gasteiger charge is -2.10. The number of hydrogen-bond acceptors (Lipinski definition) is 3. The van der Waals surface area contributed by atoms with Crippen LogP contribution in [0.4, 0.5) is 0 Å². The molecule has 2 aromatic rings. The van der Waals surface area contributed by atoms with Crippen molar-refractivity contribution in [3.63, 3.8) is 0 Å². The maximum atomic E-state index is 8.49. The predicted octanol–water partition coefficient (Wildman–Crippen LogP) is 3.31. The minimum Gasteiger partial charge on any atom is -0.497 e. The third kappa shape index (κ3) is 3.05. The topological polar surface area (TPSA) is 75.8 Å². The van der Waals surface area contributed by atoms with Gasteiger partial charge in [0.25, 0.3) is 0 Å². The Labute approximate surface area is 111 Å². The minimum atomic E-state index is -0.231. The zero-order valence-corrected chi connectivity index (χ0v) is 10.9. The van der Waals surface area contributed by atoms with Gasteiger partial charge in [0.1, 0.15) is 5.75 Å². The molecule has 0 bridgehead atoms. The first-order chi connectivity index (χ1) is 9.24. The molecule has 2 rings (SSSR count). The van der Waals surface area contributed by atoms with Crippen molar-refractivity contribution in [2.75, 3.05) is 7.11 Å². The van der Waals surface area contributed by atoms with Gasteiger partial charge in [-0.2, -0.15) is 5.10 Å². The fraction of sp³-hybridized carbons (Fsp3) is 0.308. The smallest absolute Gasteiger partial charge is 0.118 e. The van der Waals surface area contributed by atoms with Crippen LogP contribution in [0.1, 0.15) is 24.2 Å². The Morgan fingerprint density at radius 2 is 2.11 bits per heavy atom. The summed E-state index contributed by atoms with van der Waals surface area (Å²) in [5.41, 5.74) is 10.5. The van der Waals surface area contributed by atoms with Gasteiger partial charge in [0.15, 0.2) is 0 Å². The van der Waals surface area contributed by atoms with Gasteiger partial charge >= 0.3 is 0 Å². The summed E-state index contributed by atoms with van der Waals surface area (Å²) in [4.78, 5) is 2.83. The fourth-order valence-electron chi connectivity index (χ4n) is 1.87. The lowest BCUT2D eigenvalue weighted by atomic mass is 10.2. The van der Waals surface area contributed by atoms with E-state index in [-0.39, 0.29) is 6.04 Å². The number of aromatic nitrogens is 2. The molecular weight excluding hydrogens is 242 g/mol. The van der Waals surface area contributed by atoms with Crippen molar-refractivity contribution in [2.24, 2.45) is 5.11 Å². The average molecular weight is 257 g/mol. The van der Waals surface area contributed by atoms with Crippen molar-refractivity contribution >= 4 is 0 Å². The van der Waals surface area contributed by atoms with E-state index in [1.807, 2.05) is 41.9 Å². The highest BCUT2D eigenvalue weighted by Gasteiger charge is 2.09. The molecule has 1 atom stereocenters. The van der Waals surface area contributed by atoms with Gasteiger partial charge < -0.3 is 4.74 Å². The third-order valence-corrected chi connectivity index (χ3v) is 2.89. The van der Waals surface area contributed by atoms with E-state index >= 15 is 0 Å². The normalized spacial score (nSPS) is 11.7. The highest BCUT2D eigenvalue weighted by molar-refractivity contribution is 5.27. The maximum Gasteiger partial charge on any atom is 0.118 e. The highest BCUT2D eigenvalue weighted by atomic mass is 16.5. The van der Waals surface area contributed by atoms with Crippen LogP contribution in [0.3, 0.4) is 0 Å². The van der Waals surface area contributed by atoms with E-state index in [9.17, 15) is 0 Å². The summed E-state index contributed by atoms with van der Waals surface area (Å²) in [5.74, 6) is 0.826. The quantitative estimate of drug-likeness (QED) is 0.468. The van der Waals surface area contributed by atoms with Crippen LogP contribution in [0.15, 0.2) is 41.6 Å². The van der Waals surface area contributed by atoms with Gasteiger partial charge in [-0.05, 0) is 29.3 Å². The Bertz CT molecular complexity index is 583. The number of ether oxygens (including phenoxy) is 1. The molecule has 0 saturated heterocycles. The molecule has 0 radical (unpaired) electrons. The molecule has 0 amide bonds. The van der Waals surface area contributed by atoms with Crippen LogP contribution in [0.25, 0.3) is 10.4 Å². The van der Waals surface area contributed by atoms with E-state index in [1.54, 1.807) is 13.3 Å². The first-order valence-corrected chi connectivity index (χ1v) is 5.93. The number of hydrogen-bond donors (Lipinski definition) is 0. The van der Waals surface area contributed by atoms with E-state index in [0.29, 0.717) is 6.54 Å². The molecule has 0 aliphatic rings. The molecule has 1 aromatic heterocycles. The van der Waals surface area contributed by atoms with Crippen LogP contribution in [-0.4, -0.2) is 16.9 Å². The average Bonchev–Trinajstić information content (AvgIpc) is 2.88. The first kappa shape index (κ1) is 13.0. The van der Waals surface area contributed by atoms with E-state index in [4.69, 9.17) is 10.3 Å². The number of benzene rings is 1. The molecule has 0 saturated carbocycles. The molecule has 19 heavy (non-hydrogen) atoms. The van der Waals surface area contributed by atoms with Gasteiger partial charge in [0.2, 0.25) is 0 Å². The van der Waals surface area contributed by atoms with Crippen LogP contribution in [0.5, 0.6) is 5.75 Å². The summed E-state index contributed by atoms with van der Waals surface area (Å²) in [7, 11) is 1.64. The summed E-state index contributed by atoms with van der Waals surface area (Å²) in [5, 5.41) is 7.96. The van der Waals surface area contributed by atoms with Gasteiger partial charge in [-0.25, -0.2) is 0 Å².